The summed E-state index contributed by atoms with van der Waals surface area (Å²) < 4.78 is 15.7. The summed E-state index contributed by atoms with van der Waals surface area (Å²) in [4.78, 5) is 32.1. The van der Waals surface area contributed by atoms with E-state index in [4.69, 9.17) is 0 Å². The number of halogens is 1. The first kappa shape index (κ1) is 21.3. The van der Waals surface area contributed by atoms with E-state index >= 15 is 0 Å². The van der Waals surface area contributed by atoms with Gasteiger partial charge in [-0.25, -0.2) is 14.1 Å². The van der Waals surface area contributed by atoms with E-state index in [9.17, 15) is 14.0 Å². The molecule has 0 bridgehead atoms. The van der Waals surface area contributed by atoms with E-state index in [0.29, 0.717) is 35.2 Å². The number of carbonyl (C=O) groups excluding carboxylic acids is 2. The average molecular weight is 448 g/mol. The predicted molar refractivity (Wildman–Crippen MR) is 123 cm³/mol. The molecule has 7 nitrogen and oxygen atoms in total. The van der Waals surface area contributed by atoms with Crippen LogP contribution in [-0.4, -0.2) is 33.1 Å². The molecule has 5 rings (SSSR count). The van der Waals surface area contributed by atoms with Gasteiger partial charge in [-0.2, -0.15) is 5.10 Å². The third-order valence-corrected chi connectivity index (χ3v) is 6.66. The highest BCUT2D eigenvalue weighted by Crippen LogP contribution is 2.52. The Bertz CT molecular complexity index is 1220. The van der Waals surface area contributed by atoms with Crippen LogP contribution >= 0.6 is 0 Å². The molecule has 2 aromatic heterocycles. The van der Waals surface area contributed by atoms with E-state index in [1.165, 1.54) is 12.1 Å². The fourth-order valence-corrected chi connectivity index (χ4v) is 4.74. The Morgan fingerprint density at radius 3 is 2.76 bits per heavy atom. The number of nitrogens with zero attached hydrogens (tertiary/aromatic N) is 4. The number of amides is 2. The van der Waals surface area contributed by atoms with Crippen LogP contribution in [0.15, 0.2) is 48.8 Å². The summed E-state index contributed by atoms with van der Waals surface area (Å²) >= 11 is 0. The summed E-state index contributed by atoms with van der Waals surface area (Å²) in [5.41, 5.74) is 2.25. The first-order chi connectivity index (χ1) is 15.8. The number of aromatic nitrogens is 3. The fraction of sp³-hybridized carbons (Fsp3) is 0.360. The Morgan fingerprint density at radius 1 is 1.21 bits per heavy atom. The molecular formula is C25H26FN5O2. The Morgan fingerprint density at radius 2 is 2.03 bits per heavy atom. The molecule has 3 heterocycles. The molecule has 3 aromatic rings. The Kier molecular flexibility index (Phi) is 5.23. The summed E-state index contributed by atoms with van der Waals surface area (Å²) in [5, 5.41) is 6.92. The zero-order valence-corrected chi connectivity index (χ0v) is 18.7. The van der Waals surface area contributed by atoms with Crippen LogP contribution in [0.5, 0.6) is 0 Å². The molecule has 1 aliphatic heterocycles. The van der Waals surface area contributed by atoms with E-state index in [1.807, 2.05) is 17.9 Å². The maximum absolute atomic E-state index is 14.1. The molecule has 0 spiro atoms. The van der Waals surface area contributed by atoms with Gasteiger partial charge < -0.3 is 10.2 Å². The van der Waals surface area contributed by atoms with Crippen molar-refractivity contribution in [3.8, 4) is 5.69 Å². The Hall–Kier alpha value is -3.55. The first-order valence-corrected chi connectivity index (χ1v) is 11.2. The average Bonchev–Trinajstić information content (AvgIpc) is 3.38. The zero-order chi connectivity index (χ0) is 23.2. The molecule has 1 N–H and O–H groups in total. The summed E-state index contributed by atoms with van der Waals surface area (Å²) in [5.74, 6) is 0.264. The van der Waals surface area contributed by atoms with Gasteiger partial charge in [0.25, 0.3) is 0 Å². The number of rotatable bonds is 6. The zero-order valence-electron chi connectivity index (χ0n) is 18.7. The minimum Gasteiger partial charge on any atom is -0.312 e. The molecule has 1 aromatic carbocycles. The molecule has 0 radical (unpaired) electrons. The van der Waals surface area contributed by atoms with Gasteiger partial charge in [0.15, 0.2) is 0 Å². The second-order valence-corrected chi connectivity index (χ2v) is 9.24. The number of anilines is 2. The molecule has 8 heteroatoms. The van der Waals surface area contributed by atoms with Gasteiger partial charge in [0, 0.05) is 36.4 Å². The number of nitrogens with one attached hydrogen (secondary N) is 1. The summed E-state index contributed by atoms with van der Waals surface area (Å²) in [6, 6.07) is 9.79. The third kappa shape index (κ3) is 4.25. The molecule has 33 heavy (non-hydrogen) atoms. The van der Waals surface area contributed by atoms with E-state index in [-0.39, 0.29) is 23.7 Å². The van der Waals surface area contributed by atoms with Crippen molar-refractivity contribution in [1.29, 1.82) is 0 Å². The smallest absolute Gasteiger partial charge is 0.233 e. The lowest BCUT2D eigenvalue weighted by atomic mass is 9.83. The molecule has 1 saturated carbocycles. The van der Waals surface area contributed by atoms with E-state index < -0.39 is 5.82 Å². The van der Waals surface area contributed by atoms with Gasteiger partial charge in [0.05, 0.1) is 17.5 Å². The van der Waals surface area contributed by atoms with Crippen LogP contribution in [0, 0.1) is 24.1 Å². The van der Waals surface area contributed by atoms with Gasteiger partial charge in [-0.05, 0) is 68.0 Å². The maximum Gasteiger partial charge on any atom is 0.233 e. The number of aryl methyl sites for hydroxylation is 1. The molecule has 2 fully saturated rings. The first-order valence-electron chi connectivity index (χ1n) is 11.2. The predicted octanol–water partition coefficient (Wildman–Crippen LogP) is 4.05. The SMILES string of the molecule is Cc1cc(N2CC[C@@](C)(C3CC3)C2=O)cc(NC(=O)Cc2cc(F)cc(-n3cccn3)c2)n1. The standard InChI is InChI=1S/C25H26FN5O2/c1-16-10-20(30-9-6-25(2,24(30)33)18-4-5-18)15-22(28-16)29-23(32)13-17-11-19(26)14-21(12-17)31-8-3-7-27-31/h3,7-8,10-12,14-15,18H,4-6,9,13H2,1-2H3,(H,28,29,32)/t25-/m0/s1. The minimum absolute atomic E-state index is 0.0145. The highest BCUT2D eigenvalue weighted by molar-refractivity contribution is 6.01. The second-order valence-electron chi connectivity index (χ2n) is 9.24. The second kappa shape index (κ2) is 8.10. The van der Waals surface area contributed by atoms with Crippen LogP contribution in [0.25, 0.3) is 5.69 Å². The van der Waals surface area contributed by atoms with Crippen molar-refractivity contribution in [2.45, 2.75) is 39.5 Å². The number of pyridine rings is 1. The molecule has 2 amide bonds. The molecule has 1 atom stereocenters. The summed E-state index contributed by atoms with van der Waals surface area (Å²) in [7, 11) is 0. The van der Waals surface area contributed by atoms with Gasteiger partial charge in [0.2, 0.25) is 11.8 Å². The van der Waals surface area contributed by atoms with E-state index in [1.54, 1.807) is 35.3 Å². The molecule has 1 saturated heterocycles. The lowest BCUT2D eigenvalue weighted by molar-refractivity contribution is -0.125. The van der Waals surface area contributed by atoms with Crippen LogP contribution in [0.3, 0.4) is 0 Å². The lowest BCUT2D eigenvalue weighted by Gasteiger charge is -2.23. The highest BCUT2D eigenvalue weighted by Gasteiger charge is 2.52. The molecule has 0 unspecified atom stereocenters. The Labute approximate surface area is 191 Å². The van der Waals surface area contributed by atoms with Gasteiger partial charge in [0.1, 0.15) is 11.6 Å². The normalized spacial score (nSPS) is 20.3. The van der Waals surface area contributed by atoms with Crippen LogP contribution in [0.4, 0.5) is 15.9 Å². The largest absolute Gasteiger partial charge is 0.312 e. The van der Waals surface area contributed by atoms with Crippen molar-refractivity contribution < 1.29 is 14.0 Å². The van der Waals surface area contributed by atoms with Gasteiger partial charge in [-0.3, -0.25) is 9.59 Å². The van der Waals surface area contributed by atoms with Crippen molar-refractivity contribution >= 4 is 23.3 Å². The van der Waals surface area contributed by atoms with Crippen molar-refractivity contribution in [3.05, 3.63) is 65.9 Å². The van der Waals surface area contributed by atoms with Crippen LogP contribution in [0.1, 0.15) is 37.4 Å². The Balaban J connectivity index is 1.32. The highest BCUT2D eigenvalue weighted by atomic mass is 19.1. The minimum atomic E-state index is -0.437. The van der Waals surface area contributed by atoms with Gasteiger partial charge in [-0.15, -0.1) is 0 Å². The number of hydrogen-bond donors (Lipinski definition) is 1. The monoisotopic (exact) mass is 447 g/mol. The van der Waals surface area contributed by atoms with Crippen LogP contribution in [0.2, 0.25) is 0 Å². The van der Waals surface area contributed by atoms with Crippen molar-refractivity contribution in [3.63, 3.8) is 0 Å². The number of hydrogen-bond acceptors (Lipinski definition) is 4. The lowest BCUT2D eigenvalue weighted by Crippen LogP contribution is -2.34. The molecule has 2 aliphatic rings. The molecular weight excluding hydrogens is 421 g/mol. The van der Waals surface area contributed by atoms with Crippen molar-refractivity contribution in [1.82, 2.24) is 14.8 Å². The molecule has 170 valence electrons. The quantitative estimate of drug-likeness (QED) is 0.618. The van der Waals surface area contributed by atoms with Crippen LogP contribution < -0.4 is 10.2 Å². The van der Waals surface area contributed by atoms with Crippen LogP contribution in [-0.2, 0) is 16.0 Å². The number of carbonyl (C=O) groups is 2. The topological polar surface area (TPSA) is 80.1 Å². The maximum atomic E-state index is 14.1. The van der Waals surface area contributed by atoms with E-state index in [2.05, 4.69) is 22.3 Å². The van der Waals surface area contributed by atoms with Gasteiger partial charge in [-0.1, -0.05) is 6.92 Å². The van der Waals surface area contributed by atoms with Crippen molar-refractivity contribution in [2.24, 2.45) is 11.3 Å². The van der Waals surface area contributed by atoms with Crippen molar-refractivity contribution in [2.75, 3.05) is 16.8 Å². The summed E-state index contributed by atoms with van der Waals surface area (Å²) in [6.45, 7) is 4.57. The molecule has 1 aliphatic carbocycles. The number of benzene rings is 1. The summed E-state index contributed by atoms with van der Waals surface area (Å²) in [6.07, 6.45) is 6.39. The fourth-order valence-electron chi connectivity index (χ4n) is 4.74. The third-order valence-electron chi connectivity index (χ3n) is 6.66. The van der Waals surface area contributed by atoms with Gasteiger partial charge >= 0.3 is 0 Å². The van der Waals surface area contributed by atoms with E-state index in [0.717, 1.165) is 24.9 Å².